The number of piperazine rings is 1. The largest absolute Gasteiger partial charge is 0.423 e. The van der Waals surface area contributed by atoms with E-state index in [0.29, 0.717) is 45.3 Å². The zero-order chi connectivity index (χ0) is 18.1. The molecule has 2 fully saturated rings. The van der Waals surface area contributed by atoms with Gasteiger partial charge in [-0.3, -0.25) is 9.59 Å². The fourth-order valence-corrected chi connectivity index (χ4v) is 3.51. The van der Waals surface area contributed by atoms with Gasteiger partial charge in [-0.05, 0) is 12.1 Å². The maximum Gasteiger partial charge on any atom is 0.298 e. The van der Waals surface area contributed by atoms with Crippen molar-refractivity contribution in [1.29, 1.82) is 0 Å². The number of morpholine rings is 1. The number of oxazole rings is 1. The molecule has 0 aliphatic carbocycles. The molecule has 8 heteroatoms. The molecule has 2 aliphatic rings. The van der Waals surface area contributed by atoms with Gasteiger partial charge in [0.2, 0.25) is 11.8 Å². The van der Waals surface area contributed by atoms with Gasteiger partial charge in [0.05, 0.1) is 13.2 Å². The van der Waals surface area contributed by atoms with Crippen LogP contribution in [0.25, 0.3) is 11.1 Å². The maximum atomic E-state index is 12.8. The van der Waals surface area contributed by atoms with E-state index in [1.54, 1.807) is 9.80 Å². The summed E-state index contributed by atoms with van der Waals surface area (Å²) in [6.45, 7) is 5.14. The summed E-state index contributed by atoms with van der Waals surface area (Å²) in [5.41, 5.74) is 1.59. The summed E-state index contributed by atoms with van der Waals surface area (Å²) in [5, 5.41) is 0. The van der Waals surface area contributed by atoms with Crippen molar-refractivity contribution in [3.05, 3.63) is 24.3 Å². The number of amides is 2. The Balaban J connectivity index is 1.41. The first-order chi connectivity index (χ1) is 12.6. The number of benzene rings is 1. The smallest absolute Gasteiger partial charge is 0.298 e. The van der Waals surface area contributed by atoms with E-state index in [-0.39, 0.29) is 18.4 Å². The SMILES string of the molecule is CC(=O)N1CCOCC1C(=O)N1CCN(c2nc3ccccc3o2)CC1. The van der Waals surface area contributed by atoms with Gasteiger partial charge in [0.25, 0.3) is 6.01 Å². The van der Waals surface area contributed by atoms with E-state index in [4.69, 9.17) is 9.15 Å². The van der Waals surface area contributed by atoms with Crippen LogP contribution in [0.5, 0.6) is 0 Å². The topological polar surface area (TPSA) is 79.1 Å². The zero-order valence-electron chi connectivity index (χ0n) is 14.8. The van der Waals surface area contributed by atoms with E-state index >= 15 is 0 Å². The molecule has 2 saturated heterocycles. The summed E-state index contributed by atoms with van der Waals surface area (Å²) in [5.74, 6) is -0.131. The van der Waals surface area contributed by atoms with Crippen LogP contribution in [-0.4, -0.2) is 78.6 Å². The van der Waals surface area contributed by atoms with Gasteiger partial charge in [-0.15, -0.1) is 0 Å². The molecule has 1 atom stereocenters. The molecular formula is C18H22N4O4. The highest BCUT2D eigenvalue weighted by Gasteiger charge is 2.35. The second-order valence-corrected chi connectivity index (χ2v) is 6.58. The number of aromatic nitrogens is 1. The Labute approximate surface area is 151 Å². The summed E-state index contributed by atoms with van der Waals surface area (Å²) in [6.07, 6.45) is 0. The lowest BCUT2D eigenvalue weighted by Gasteiger charge is -2.40. The van der Waals surface area contributed by atoms with Crippen LogP contribution >= 0.6 is 0 Å². The Morgan fingerprint density at radius 3 is 2.62 bits per heavy atom. The highest BCUT2D eigenvalue weighted by molar-refractivity contribution is 5.87. The first-order valence-corrected chi connectivity index (χ1v) is 8.88. The molecule has 0 saturated carbocycles. The summed E-state index contributed by atoms with van der Waals surface area (Å²) in [4.78, 5) is 34.6. The lowest BCUT2D eigenvalue weighted by molar-refractivity contribution is -0.153. The van der Waals surface area contributed by atoms with Gasteiger partial charge in [0.1, 0.15) is 11.6 Å². The van der Waals surface area contributed by atoms with Crippen molar-refractivity contribution in [2.75, 3.05) is 50.8 Å². The van der Waals surface area contributed by atoms with Gasteiger partial charge in [-0.1, -0.05) is 12.1 Å². The number of anilines is 1. The number of hydrogen-bond donors (Lipinski definition) is 0. The maximum absolute atomic E-state index is 12.8. The second-order valence-electron chi connectivity index (χ2n) is 6.58. The third kappa shape index (κ3) is 3.12. The third-order valence-corrected chi connectivity index (χ3v) is 4.96. The minimum Gasteiger partial charge on any atom is -0.423 e. The van der Waals surface area contributed by atoms with Crippen LogP contribution in [0.4, 0.5) is 6.01 Å². The van der Waals surface area contributed by atoms with Crippen molar-refractivity contribution in [3.8, 4) is 0 Å². The van der Waals surface area contributed by atoms with Crippen molar-refractivity contribution in [2.45, 2.75) is 13.0 Å². The normalized spacial score (nSPS) is 21.3. The predicted molar refractivity (Wildman–Crippen MR) is 94.8 cm³/mol. The Bertz CT molecular complexity index is 779. The van der Waals surface area contributed by atoms with Crippen LogP contribution in [0.1, 0.15) is 6.92 Å². The Morgan fingerprint density at radius 1 is 1.12 bits per heavy atom. The summed E-state index contributed by atoms with van der Waals surface area (Å²) < 4.78 is 11.2. The molecule has 2 amide bonds. The van der Waals surface area contributed by atoms with Gasteiger partial charge in [0, 0.05) is 39.6 Å². The van der Waals surface area contributed by atoms with E-state index in [1.807, 2.05) is 29.2 Å². The molecule has 1 unspecified atom stereocenters. The summed E-state index contributed by atoms with van der Waals surface area (Å²) in [7, 11) is 0. The molecule has 0 radical (unpaired) electrons. The van der Waals surface area contributed by atoms with Crippen LogP contribution in [-0.2, 0) is 14.3 Å². The van der Waals surface area contributed by atoms with Crippen LogP contribution in [0.2, 0.25) is 0 Å². The average Bonchev–Trinajstić information content (AvgIpc) is 3.12. The quantitative estimate of drug-likeness (QED) is 0.787. The molecule has 26 heavy (non-hydrogen) atoms. The second kappa shape index (κ2) is 6.95. The van der Waals surface area contributed by atoms with Gasteiger partial charge in [0.15, 0.2) is 5.58 Å². The number of carbonyl (C=O) groups excluding carboxylic acids is 2. The van der Waals surface area contributed by atoms with Crippen LogP contribution in [0.3, 0.4) is 0 Å². The molecule has 1 aromatic carbocycles. The molecule has 0 N–H and O–H groups in total. The van der Waals surface area contributed by atoms with E-state index in [1.165, 1.54) is 6.92 Å². The van der Waals surface area contributed by atoms with Crippen LogP contribution in [0.15, 0.2) is 28.7 Å². The summed E-state index contributed by atoms with van der Waals surface area (Å²) >= 11 is 0. The van der Waals surface area contributed by atoms with Crippen LogP contribution in [0, 0.1) is 0 Å². The number of fused-ring (bicyclic) bond motifs is 1. The molecule has 1 aromatic heterocycles. The lowest BCUT2D eigenvalue weighted by Crippen LogP contribution is -2.59. The van der Waals surface area contributed by atoms with Crippen molar-refractivity contribution in [2.24, 2.45) is 0 Å². The van der Waals surface area contributed by atoms with Gasteiger partial charge >= 0.3 is 0 Å². The molecule has 138 valence electrons. The molecule has 0 bridgehead atoms. The fraction of sp³-hybridized carbons (Fsp3) is 0.500. The fourth-order valence-electron chi connectivity index (χ4n) is 3.51. The first kappa shape index (κ1) is 16.8. The molecule has 2 aliphatic heterocycles. The molecule has 4 rings (SSSR count). The monoisotopic (exact) mass is 358 g/mol. The molecule has 3 heterocycles. The standard InChI is InChI=1S/C18H22N4O4/c1-13(23)22-10-11-25-12-15(22)17(24)20-6-8-21(9-7-20)18-19-14-4-2-3-5-16(14)26-18/h2-5,15H,6-12H2,1H3. The van der Waals surface area contributed by atoms with Crippen molar-refractivity contribution < 1.29 is 18.7 Å². The minimum absolute atomic E-state index is 0.0443. The van der Waals surface area contributed by atoms with E-state index in [0.717, 1.165) is 11.1 Å². The number of para-hydroxylation sites is 2. The van der Waals surface area contributed by atoms with E-state index in [2.05, 4.69) is 4.98 Å². The first-order valence-electron chi connectivity index (χ1n) is 8.88. The Kier molecular flexibility index (Phi) is 4.50. The highest BCUT2D eigenvalue weighted by Crippen LogP contribution is 2.23. The van der Waals surface area contributed by atoms with Crippen LogP contribution < -0.4 is 4.90 Å². The average molecular weight is 358 g/mol. The number of ether oxygens (including phenoxy) is 1. The Hall–Kier alpha value is -2.61. The molecular weight excluding hydrogens is 336 g/mol. The van der Waals surface area contributed by atoms with E-state index < -0.39 is 6.04 Å². The molecule has 8 nitrogen and oxygen atoms in total. The van der Waals surface area contributed by atoms with Gasteiger partial charge in [-0.2, -0.15) is 4.98 Å². The molecule has 0 spiro atoms. The zero-order valence-corrected chi connectivity index (χ0v) is 14.8. The van der Waals surface area contributed by atoms with Crippen molar-refractivity contribution in [3.63, 3.8) is 0 Å². The van der Waals surface area contributed by atoms with Crippen molar-refractivity contribution >= 4 is 28.9 Å². The number of carbonyl (C=O) groups is 2. The number of rotatable bonds is 2. The number of hydrogen-bond acceptors (Lipinski definition) is 6. The Morgan fingerprint density at radius 2 is 1.88 bits per heavy atom. The van der Waals surface area contributed by atoms with Gasteiger partial charge in [-0.25, -0.2) is 0 Å². The number of nitrogens with zero attached hydrogens (tertiary/aromatic N) is 4. The van der Waals surface area contributed by atoms with Gasteiger partial charge < -0.3 is 23.9 Å². The summed E-state index contributed by atoms with van der Waals surface area (Å²) in [6, 6.07) is 7.73. The predicted octanol–water partition coefficient (Wildman–Crippen LogP) is 0.724. The lowest BCUT2D eigenvalue weighted by atomic mass is 10.1. The molecule has 2 aromatic rings. The highest BCUT2D eigenvalue weighted by atomic mass is 16.5. The van der Waals surface area contributed by atoms with Crippen molar-refractivity contribution in [1.82, 2.24) is 14.8 Å². The van der Waals surface area contributed by atoms with E-state index in [9.17, 15) is 9.59 Å². The minimum atomic E-state index is -0.517. The third-order valence-electron chi connectivity index (χ3n) is 4.96.